The molecule has 0 saturated heterocycles. The highest BCUT2D eigenvalue weighted by atomic mass is 16.3. The molecule has 2 rings (SSSR count). The second-order valence-corrected chi connectivity index (χ2v) is 3.13. The summed E-state index contributed by atoms with van der Waals surface area (Å²) >= 11 is 0. The molecule has 0 bridgehead atoms. The first-order valence-corrected chi connectivity index (χ1v) is 4.53. The Labute approximate surface area is 86.6 Å². The maximum Gasteiger partial charge on any atom is 0.273 e. The zero-order chi connectivity index (χ0) is 10.8. The highest BCUT2D eigenvalue weighted by molar-refractivity contribution is 5.97. The number of benzene rings is 1. The third-order valence-corrected chi connectivity index (χ3v) is 2.15. The van der Waals surface area contributed by atoms with Crippen molar-refractivity contribution < 1.29 is 9.90 Å². The van der Waals surface area contributed by atoms with Crippen LogP contribution < -0.4 is 5.32 Å². The molecule has 4 nitrogen and oxygen atoms in total. The molecule has 0 aliphatic heterocycles. The summed E-state index contributed by atoms with van der Waals surface area (Å²) in [7, 11) is 1.50. The number of fused-ring (bicyclic) bond motifs is 1. The van der Waals surface area contributed by atoms with Crippen molar-refractivity contribution in [3.63, 3.8) is 0 Å². The van der Waals surface area contributed by atoms with Crippen molar-refractivity contribution in [2.75, 3.05) is 7.05 Å². The lowest BCUT2D eigenvalue weighted by atomic mass is 10.2. The summed E-state index contributed by atoms with van der Waals surface area (Å²) in [6, 6.07) is 8.84. The van der Waals surface area contributed by atoms with E-state index in [4.69, 9.17) is 0 Å². The van der Waals surface area contributed by atoms with Crippen LogP contribution in [-0.2, 0) is 0 Å². The molecule has 0 radical (unpaired) electrons. The van der Waals surface area contributed by atoms with Crippen LogP contribution in [-0.4, -0.2) is 23.0 Å². The molecular formula is C11H10N2O2. The molecule has 0 unspecified atom stereocenters. The van der Waals surface area contributed by atoms with Crippen molar-refractivity contribution >= 4 is 16.8 Å². The van der Waals surface area contributed by atoms with E-state index in [-0.39, 0.29) is 11.4 Å². The number of nitrogens with zero attached hydrogens (tertiary/aromatic N) is 1. The first kappa shape index (κ1) is 9.45. The van der Waals surface area contributed by atoms with E-state index < -0.39 is 5.91 Å². The molecule has 0 atom stereocenters. The topological polar surface area (TPSA) is 62.2 Å². The molecule has 0 aliphatic rings. The molecule has 2 N–H and O–H groups in total. The van der Waals surface area contributed by atoms with Crippen LogP contribution in [0, 0.1) is 0 Å². The van der Waals surface area contributed by atoms with Gasteiger partial charge in [-0.2, -0.15) is 0 Å². The number of carbonyl (C=O) groups excluding carboxylic acids is 1. The lowest BCUT2D eigenvalue weighted by molar-refractivity contribution is 0.0955. The van der Waals surface area contributed by atoms with Gasteiger partial charge in [-0.15, -0.1) is 0 Å². The first-order valence-electron chi connectivity index (χ1n) is 4.53. The van der Waals surface area contributed by atoms with E-state index in [0.717, 1.165) is 5.39 Å². The highest BCUT2D eigenvalue weighted by Crippen LogP contribution is 2.21. The Morgan fingerprint density at radius 3 is 2.87 bits per heavy atom. The molecule has 0 saturated carbocycles. The van der Waals surface area contributed by atoms with Crippen molar-refractivity contribution in [1.29, 1.82) is 0 Å². The molecule has 0 spiro atoms. The predicted molar refractivity (Wildman–Crippen MR) is 56.8 cm³/mol. The van der Waals surface area contributed by atoms with E-state index in [1.54, 1.807) is 6.07 Å². The number of hydrogen-bond donors (Lipinski definition) is 2. The minimum atomic E-state index is -0.391. The molecule has 1 amide bonds. The summed E-state index contributed by atoms with van der Waals surface area (Å²) in [5, 5.41) is 12.8. The normalized spacial score (nSPS) is 10.2. The lowest BCUT2D eigenvalue weighted by Crippen LogP contribution is -2.19. The van der Waals surface area contributed by atoms with Crippen LogP contribution in [0.4, 0.5) is 0 Å². The quantitative estimate of drug-likeness (QED) is 0.732. The molecule has 1 aromatic heterocycles. The minimum absolute atomic E-state index is 0.0520. The average molecular weight is 202 g/mol. The Hall–Kier alpha value is -2.10. The Kier molecular flexibility index (Phi) is 2.25. The summed E-state index contributed by atoms with van der Waals surface area (Å²) in [6.45, 7) is 0. The Balaban J connectivity index is 2.67. The molecule has 76 valence electrons. The number of carbonyl (C=O) groups is 1. The zero-order valence-corrected chi connectivity index (χ0v) is 8.19. The van der Waals surface area contributed by atoms with Crippen LogP contribution in [0.25, 0.3) is 10.9 Å². The summed E-state index contributed by atoms with van der Waals surface area (Å²) in [6.07, 6.45) is 0. The van der Waals surface area contributed by atoms with E-state index in [1.807, 2.05) is 18.2 Å². The van der Waals surface area contributed by atoms with Crippen molar-refractivity contribution in [2.45, 2.75) is 0 Å². The van der Waals surface area contributed by atoms with Crippen LogP contribution in [0.15, 0.2) is 30.3 Å². The van der Waals surface area contributed by atoms with Crippen LogP contribution >= 0.6 is 0 Å². The third-order valence-electron chi connectivity index (χ3n) is 2.15. The van der Waals surface area contributed by atoms with Gasteiger partial charge in [0.15, 0.2) is 5.69 Å². The lowest BCUT2D eigenvalue weighted by Gasteiger charge is -2.04. The van der Waals surface area contributed by atoms with E-state index in [2.05, 4.69) is 10.3 Å². The fourth-order valence-corrected chi connectivity index (χ4v) is 1.39. The molecule has 1 heterocycles. The summed E-state index contributed by atoms with van der Waals surface area (Å²) < 4.78 is 0. The van der Waals surface area contributed by atoms with Gasteiger partial charge >= 0.3 is 0 Å². The number of aromatic nitrogens is 1. The highest BCUT2D eigenvalue weighted by Gasteiger charge is 2.12. The van der Waals surface area contributed by atoms with E-state index in [1.165, 1.54) is 13.1 Å². The molecule has 15 heavy (non-hydrogen) atoms. The maximum absolute atomic E-state index is 11.3. The van der Waals surface area contributed by atoms with Crippen molar-refractivity contribution in [3.05, 3.63) is 36.0 Å². The first-order chi connectivity index (χ1) is 7.22. The fraction of sp³-hybridized carbons (Fsp3) is 0.0909. The Bertz CT molecular complexity index is 523. The number of nitrogens with one attached hydrogen (secondary N) is 1. The van der Waals surface area contributed by atoms with Gasteiger partial charge in [-0.25, -0.2) is 4.98 Å². The second-order valence-electron chi connectivity index (χ2n) is 3.13. The van der Waals surface area contributed by atoms with Gasteiger partial charge in [0, 0.05) is 12.4 Å². The molecule has 2 aromatic rings. The minimum Gasteiger partial charge on any atom is -0.505 e. The van der Waals surface area contributed by atoms with Crippen LogP contribution in [0.2, 0.25) is 0 Å². The van der Waals surface area contributed by atoms with Crippen molar-refractivity contribution in [1.82, 2.24) is 10.3 Å². The third kappa shape index (κ3) is 1.61. The number of aromatic hydroxyl groups is 1. The summed E-state index contributed by atoms with van der Waals surface area (Å²) in [5.41, 5.74) is 0.741. The smallest absolute Gasteiger partial charge is 0.273 e. The van der Waals surface area contributed by atoms with E-state index in [0.29, 0.717) is 5.52 Å². The van der Waals surface area contributed by atoms with Crippen molar-refractivity contribution in [2.24, 2.45) is 0 Å². The van der Waals surface area contributed by atoms with Gasteiger partial charge in [-0.05, 0) is 12.1 Å². The number of rotatable bonds is 1. The molecule has 0 fully saturated rings. The monoisotopic (exact) mass is 202 g/mol. The molecule has 0 aliphatic carbocycles. The van der Waals surface area contributed by atoms with Crippen molar-refractivity contribution in [3.8, 4) is 5.75 Å². The zero-order valence-electron chi connectivity index (χ0n) is 8.19. The van der Waals surface area contributed by atoms with E-state index >= 15 is 0 Å². The summed E-state index contributed by atoms with van der Waals surface area (Å²) in [5.74, 6) is -0.494. The number of hydrogen-bond acceptors (Lipinski definition) is 3. The SMILES string of the molecule is CNC(=O)c1nc2ccccc2cc1O. The van der Waals surface area contributed by atoms with Crippen LogP contribution in [0.3, 0.4) is 0 Å². The standard InChI is InChI=1S/C11H10N2O2/c1-12-11(15)10-9(14)6-7-4-2-3-5-8(7)13-10/h2-6,14H,1H3,(H,12,15). The van der Waals surface area contributed by atoms with Gasteiger partial charge in [-0.3, -0.25) is 4.79 Å². The number of para-hydroxylation sites is 1. The van der Waals surface area contributed by atoms with Gasteiger partial charge in [-0.1, -0.05) is 18.2 Å². The fourth-order valence-electron chi connectivity index (χ4n) is 1.39. The predicted octanol–water partition coefficient (Wildman–Crippen LogP) is 1.30. The van der Waals surface area contributed by atoms with E-state index in [9.17, 15) is 9.90 Å². The van der Waals surface area contributed by atoms with Crippen LogP contribution in [0.5, 0.6) is 5.75 Å². The van der Waals surface area contributed by atoms with Gasteiger partial charge < -0.3 is 10.4 Å². The molecular weight excluding hydrogens is 192 g/mol. The number of pyridine rings is 1. The van der Waals surface area contributed by atoms with Gasteiger partial charge in [0.05, 0.1) is 5.52 Å². The second kappa shape index (κ2) is 3.57. The number of amides is 1. The largest absolute Gasteiger partial charge is 0.505 e. The van der Waals surface area contributed by atoms with Gasteiger partial charge in [0.1, 0.15) is 5.75 Å². The van der Waals surface area contributed by atoms with Gasteiger partial charge in [0.25, 0.3) is 5.91 Å². The molecule has 4 heteroatoms. The maximum atomic E-state index is 11.3. The summed E-state index contributed by atoms with van der Waals surface area (Å²) in [4.78, 5) is 15.4. The van der Waals surface area contributed by atoms with Crippen LogP contribution in [0.1, 0.15) is 10.5 Å². The Morgan fingerprint density at radius 2 is 2.13 bits per heavy atom. The molecule has 1 aromatic carbocycles. The average Bonchev–Trinajstić information content (AvgIpc) is 2.27. The van der Waals surface area contributed by atoms with Gasteiger partial charge in [0.2, 0.25) is 0 Å². The Morgan fingerprint density at radius 1 is 1.40 bits per heavy atom.